The van der Waals surface area contributed by atoms with Crippen LogP contribution >= 0.6 is 0 Å². The molecule has 3 rings (SSSR count). The van der Waals surface area contributed by atoms with Crippen molar-refractivity contribution in [1.29, 1.82) is 0 Å². The molecule has 3 aromatic rings. The van der Waals surface area contributed by atoms with E-state index in [0.717, 1.165) is 17.7 Å². The minimum atomic E-state index is -4.47. The molecule has 1 heterocycles. The number of alkyl halides is 3. The molecule has 1 aromatic heterocycles. The number of nitrogens with two attached hydrogens (primary N) is 1. The zero-order chi connectivity index (χ0) is 25.8. The van der Waals surface area contributed by atoms with Crippen LogP contribution in [0.5, 0.6) is 0 Å². The first kappa shape index (κ1) is 25.6. The lowest BCUT2D eigenvalue weighted by Gasteiger charge is -2.26. The van der Waals surface area contributed by atoms with Crippen molar-refractivity contribution in [2.75, 3.05) is 29.0 Å². The minimum absolute atomic E-state index is 0.0571. The maximum Gasteiger partial charge on any atom is 0.416 e. The lowest BCUT2D eigenvalue weighted by Crippen LogP contribution is -2.44. The van der Waals surface area contributed by atoms with Crippen LogP contribution < -0.4 is 27.2 Å². The summed E-state index contributed by atoms with van der Waals surface area (Å²) < 4.78 is 39.5. The smallest absolute Gasteiger partial charge is 0.383 e. The number of carbonyl (C=O) groups excluding carboxylic acids is 1. The van der Waals surface area contributed by atoms with Crippen LogP contribution in [-0.4, -0.2) is 28.5 Å². The van der Waals surface area contributed by atoms with E-state index in [0.29, 0.717) is 5.69 Å². The number of anilines is 3. The number of halogens is 3. The van der Waals surface area contributed by atoms with Crippen LogP contribution in [0.2, 0.25) is 0 Å². The second kappa shape index (κ2) is 10.5. The van der Waals surface area contributed by atoms with Gasteiger partial charge in [-0.25, -0.2) is 4.79 Å². The van der Waals surface area contributed by atoms with Gasteiger partial charge in [0.25, 0.3) is 5.56 Å². The fourth-order valence-electron chi connectivity index (χ4n) is 3.49. The molecule has 1 amide bonds. The molecule has 11 heteroatoms. The number of rotatable bonds is 8. The van der Waals surface area contributed by atoms with Gasteiger partial charge in [0.15, 0.2) is 5.69 Å². The molecule has 0 aliphatic heterocycles. The van der Waals surface area contributed by atoms with E-state index in [4.69, 9.17) is 5.73 Å². The van der Waals surface area contributed by atoms with Gasteiger partial charge in [0.2, 0.25) is 5.91 Å². The minimum Gasteiger partial charge on any atom is -0.383 e. The van der Waals surface area contributed by atoms with Gasteiger partial charge < -0.3 is 16.0 Å². The van der Waals surface area contributed by atoms with E-state index in [9.17, 15) is 27.6 Å². The summed E-state index contributed by atoms with van der Waals surface area (Å²) in [7, 11) is 0. The Morgan fingerprint density at radius 1 is 1.09 bits per heavy atom. The number of benzene rings is 2. The van der Waals surface area contributed by atoms with E-state index in [1.165, 1.54) is 21.6 Å². The van der Waals surface area contributed by atoms with Gasteiger partial charge in [-0.05, 0) is 35.7 Å². The molecule has 4 N–H and O–H groups in total. The number of nitrogens with zero attached hydrogens (tertiary/aromatic N) is 2. The average Bonchev–Trinajstić information content (AvgIpc) is 2.79. The van der Waals surface area contributed by atoms with Crippen LogP contribution in [0.1, 0.15) is 25.0 Å². The summed E-state index contributed by atoms with van der Waals surface area (Å²) in [5, 5.41) is 2.77. The molecule has 8 nitrogen and oxygen atoms in total. The van der Waals surface area contributed by atoms with E-state index < -0.39 is 28.9 Å². The Morgan fingerprint density at radius 2 is 1.71 bits per heavy atom. The summed E-state index contributed by atoms with van der Waals surface area (Å²) in [6, 6.07) is 13.2. The quantitative estimate of drug-likeness (QED) is 0.450. The molecule has 2 aromatic carbocycles. The predicted molar refractivity (Wildman–Crippen MR) is 128 cm³/mol. The standard InChI is InChI=1S/C24H26F3N5O3/c1-15(2)13-31(19(33)12-29-18-10-8-17(9-11-18)24(25,26)27)20-21(28)32(23(35)30-22(20)34)14-16-6-4-3-5-7-16/h3-11,15,29H,12-14,28H2,1-2H3,(H,30,34,35). The molecule has 0 atom stereocenters. The molecule has 0 unspecified atom stereocenters. The van der Waals surface area contributed by atoms with Crippen molar-refractivity contribution in [3.05, 3.63) is 86.6 Å². The van der Waals surface area contributed by atoms with Gasteiger partial charge in [-0.15, -0.1) is 0 Å². The van der Waals surface area contributed by atoms with Gasteiger partial charge in [-0.1, -0.05) is 44.2 Å². The molecule has 0 aliphatic rings. The Labute approximate surface area is 199 Å². The zero-order valence-corrected chi connectivity index (χ0v) is 19.2. The number of nitrogen functional groups attached to an aromatic ring is 1. The lowest BCUT2D eigenvalue weighted by atomic mass is 10.2. The molecule has 186 valence electrons. The maximum absolute atomic E-state index is 13.1. The van der Waals surface area contributed by atoms with E-state index in [2.05, 4.69) is 10.3 Å². The van der Waals surface area contributed by atoms with Gasteiger partial charge in [0.1, 0.15) is 5.82 Å². The molecule has 0 bridgehead atoms. The second-order valence-electron chi connectivity index (χ2n) is 8.39. The molecule has 0 spiro atoms. The maximum atomic E-state index is 13.1. The first-order valence-corrected chi connectivity index (χ1v) is 10.9. The number of hydrogen-bond acceptors (Lipinski definition) is 5. The normalized spacial score (nSPS) is 11.5. The first-order valence-electron chi connectivity index (χ1n) is 10.9. The lowest BCUT2D eigenvalue weighted by molar-refractivity contribution is -0.137. The van der Waals surface area contributed by atoms with Crippen LogP contribution in [0.4, 0.5) is 30.4 Å². The van der Waals surface area contributed by atoms with Crippen LogP contribution in [0.15, 0.2) is 64.2 Å². The van der Waals surface area contributed by atoms with Crippen LogP contribution in [0.25, 0.3) is 0 Å². The van der Waals surface area contributed by atoms with E-state index in [-0.39, 0.29) is 37.1 Å². The largest absolute Gasteiger partial charge is 0.416 e. The number of H-pyrrole nitrogens is 1. The number of hydrogen-bond donors (Lipinski definition) is 3. The summed E-state index contributed by atoms with van der Waals surface area (Å²) in [5.74, 6) is -0.759. The number of aromatic nitrogens is 2. The summed E-state index contributed by atoms with van der Waals surface area (Å²) in [6.45, 7) is 3.59. The van der Waals surface area contributed by atoms with Crippen molar-refractivity contribution in [3.63, 3.8) is 0 Å². The van der Waals surface area contributed by atoms with Crippen LogP contribution in [0.3, 0.4) is 0 Å². The molecular weight excluding hydrogens is 463 g/mol. The van der Waals surface area contributed by atoms with Crippen molar-refractivity contribution in [3.8, 4) is 0 Å². The van der Waals surface area contributed by atoms with Crippen molar-refractivity contribution in [1.82, 2.24) is 9.55 Å². The molecule has 0 radical (unpaired) electrons. The molecule has 0 aliphatic carbocycles. The van der Waals surface area contributed by atoms with Crippen LogP contribution in [0, 0.1) is 5.92 Å². The first-order chi connectivity index (χ1) is 16.5. The van der Waals surface area contributed by atoms with Crippen molar-refractivity contribution in [2.45, 2.75) is 26.6 Å². The Hall–Kier alpha value is -4.02. The highest BCUT2D eigenvalue weighted by Crippen LogP contribution is 2.29. The molecule has 0 fully saturated rings. The third-order valence-corrected chi connectivity index (χ3v) is 5.17. The number of nitrogens with one attached hydrogen (secondary N) is 2. The Bertz CT molecular complexity index is 1280. The Kier molecular flexibility index (Phi) is 7.68. The highest BCUT2D eigenvalue weighted by atomic mass is 19.4. The summed E-state index contributed by atoms with van der Waals surface area (Å²) in [6.07, 6.45) is -4.47. The van der Waals surface area contributed by atoms with Gasteiger partial charge in [-0.2, -0.15) is 13.2 Å². The summed E-state index contributed by atoms with van der Waals surface area (Å²) >= 11 is 0. The number of amides is 1. The van der Waals surface area contributed by atoms with E-state index in [1.54, 1.807) is 24.3 Å². The third kappa shape index (κ3) is 6.31. The average molecular weight is 489 g/mol. The number of aromatic amines is 1. The van der Waals surface area contributed by atoms with E-state index >= 15 is 0 Å². The third-order valence-electron chi connectivity index (χ3n) is 5.17. The van der Waals surface area contributed by atoms with Gasteiger partial charge in [0, 0.05) is 12.2 Å². The zero-order valence-electron chi connectivity index (χ0n) is 19.2. The molecule has 0 saturated carbocycles. The SMILES string of the molecule is CC(C)CN(C(=O)CNc1ccc(C(F)(F)F)cc1)c1c(N)n(Cc2ccccc2)c(=O)[nH]c1=O. The van der Waals surface area contributed by atoms with E-state index in [1.807, 2.05) is 19.9 Å². The molecular formula is C24H26F3N5O3. The highest BCUT2D eigenvalue weighted by molar-refractivity contribution is 5.98. The van der Waals surface area contributed by atoms with Crippen molar-refractivity contribution in [2.24, 2.45) is 5.92 Å². The Morgan fingerprint density at radius 3 is 2.29 bits per heavy atom. The molecule has 0 saturated heterocycles. The monoisotopic (exact) mass is 489 g/mol. The fourth-order valence-corrected chi connectivity index (χ4v) is 3.49. The molecule has 35 heavy (non-hydrogen) atoms. The van der Waals surface area contributed by atoms with Crippen molar-refractivity contribution >= 4 is 23.1 Å². The second-order valence-corrected chi connectivity index (χ2v) is 8.39. The summed E-state index contributed by atoms with van der Waals surface area (Å²) in [5.41, 5.74) is 4.82. The Balaban J connectivity index is 1.89. The topological polar surface area (TPSA) is 113 Å². The summed E-state index contributed by atoms with van der Waals surface area (Å²) in [4.78, 5) is 41.7. The number of carbonyl (C=O) groups is 1. The van der Waals surface area contributed by atoms with Crippen molar-refractivity contribution < 1.29 is 18.0 Å². The van der Waals surface area contributed by atoms with Crippen LogP contribution in [-0.2, 0) is 17.5 Å². The predicted octanol–water partition coefficient (Wildman–Crippen LogP) is 3.29. The highest BCUT2D eigenvalue weighted by Gasteiger charge is 2.30. The van der Waals surface area contributed by atoms with Gasteiger partial charge in [0.05, 0.1) is 18.7 Å². The van der Waals surface area contributed by atoms with Gasteiger partial charge in [-0.3, -0.25) is 19.1 Å². The fraction of sp³-hybridized carbons (Fsp3) is 0.292. The van der Waals surface area contributed by atoms with Gasteiger partial charge >= 0.3 is 11.9 Å².